The zero-order chi connectivity index (χ0) is 21.8. The lowest BCUT2D eigenvalue weighted by atomic mass is 10.1. The van der Waals surface area contributed by atoms with E-state index < -0.39 is 28.8 Å². The van der Waals surface area contributed by atoms with Gasteiger partial charge in [-0.05, 0) is 50.5 Å². The second-order valence-electron chi connectivity index (χ2n) is 7.22. The number of halogens is 3. The van der Waals surface area contributed by atoms with Gasteiger partial charge in [-0.3, -0.25) is 0 Å². The molecule has 0 saturated heterocycles. The second-order valence-corrected chi connectivity index (χ2v) is 8.88. The van der Waals surface area contributed by atoms with Crippen molar-refractivity contribution in [2.24, 2.45) is 0 Å². The van der Waals surface area contributed by atoms with Gasteiger partial charge in [0, 0.05) is 18.8 Å². The van der Waals surface area contributed by atoms with E-state index in [1.54, 1.807) is 61.2 Å². The Labute approximate surface area is 170 Å². The number of rotatable bonds is 8. The predicted molar refractivity (Wildman–Crippen MR) is 110 cm³/mol. The van der Waals surface area contributed by atoms with Crippen LogP contribution in [-0.2, 0) is 10.0 Å². The Morgan fingerprint density at radius 3 is 2.07 bits per heavy atom. The smallest absolute Gasteiger partial charge is 0.370 e. The van der Waals surface area contributed by atoms with Gasteiger partial charge < -0.3 is 4.90 Å². The molecule has 1 unspecified atom stereocenters. The summed E-state index contributed by atoms with van der Waals surface area (Å²) >= 11 is 0. The van der Waals surface area contributed by atoms with Gasteiger partial charge in [0.25, 0.3) is 0 Å². The Balaban J connectivity index is 2.38. The zero-order valence-corrected chi connectivity index (χ0v) is 17.9. The summed E-state index contributed by atoms with van der Waals surface area (Å²) in [6, 6.07) is 9.75. The van der Waals surface area contributed by atoms with E-state index in [0.29, 0.717) is 29.8 Å². The summed E-state index contributed by atoms with van der Waals surface area (Å²) in [5, 5.41) is 0. The van der Waals surface area contributed by atoms with Gasteiger partial charge in [0.05, 0.1) is 4.90 Å². The molecule has 2 aromatic rings. The Bertz CT molecular complexity index is 906. The maximum atomic E-state index is 13.8. The van der Waals surface area contributed by atoms with Gasteiger partial charge in [-0.15, -0.1) is 0 Å². The summed E-state index contributed by atoms with van der Waals surface area (Å²) in [6.07, 6.45) is -4.11. The Morgan fingerprint density at radius 1 is 1.03 bits per heavy atom. The fraction of sp³-hybridized carbons (Fsp3) is 0.429. The molecule has 1 N–H and O–H groups in total. The SMILES string of the molecule is CCCN(CC(NS(=O)(=O)c1c(C)cc(C)cc1C)C(F)(F)F)c1ccccc1. The highest BCUT2D eigenvalue weighted by Crippen LogP contribution is 2.27. The van der Waals surface area contributed by atoms with Gasteiger partial charge in [-0.2, -0.15) is 17.9 Å². The van der Waals surface area contributed by atoms with Crippen LogP contribution in [0.25, 0.3) is 0 Å². The zero-order valence-electron chi connectivity index (χ0n) is 17.0. The summed E-state index contributed by atoms with van der Waals surface area (Å²) in [7, 11) is -4.36. The molecule has 0 amide bonds. The molecule has 0 aliphatic carbocycles. The molecule has 0 aliphatic heterocycles. The van der Waals surface area contributed by atoms with E-state index in [1.807, 2.05) is 18.6 Å². The lowest BCUT2D eigenvalue weighted by Gasteiger charge is -2.31. The summed E-state index contributed by atoms with van der Waals surface area (Å²) in [5.74, 6) is 0. The highest BCUT2D eigenvalue weighted by Gasteiger charge is 2.43. The molecule has 4 nitrogen and oxygen atoms in total. The van der Waals surface area contributed by atoms with Crippen LogP contribution in [0.2, 0.25) is 0 Å². The van der Waals surface area contributed by atoms with Crippen LogP contribution >= 0.6 is 0 Å². The first kappa shape index (κ1) is 23.2. The lowest BCUT2D eigenvalue weighted by Crippen LogP contribution is -2.52. The second kappa shape index (κ2) is 9.17. The summed E-state index contributed by atoms with van der Waals surface area (Å²) in [6.45, 7) is 6.72. The number of nitrogens with one attached hydrogen (secondary N) is 1. The third kappa shape index (κ3) is 5.96. The molecule has 2 aromatic carbocycles. The molecule has 0 heterocycles. The fourth-order valence-corrected chi connectivity index (χ4v) is 5.17. The standard InChI is InChI=1S/C21H27F3N2O2S/c1-5-11-26(18-9-7-6-8-10-18)14-19(21(22,23)24)25-29(27,28)20-16(3)12-15(2)13-17(20)4/h6-10,12-13,19,25H,5,11,14H2,1-4H3. The number of aryl methyl sites for hydroxylation is 3. The highest BCUT2D eigenvalue weighted by atomic mass is 32.2. The van der Waals surface area contributed by atoms with Crippen LogP contribution in [0.4, 0.5) is 18.9 Å². The van der Waals surface area contributed by atoms with Crippen molar-refractivity contribution < 1.29 is 21.6 Å². The summed E-state index contributed by atoms with van der Waals surface area (Å²) in [4.78, 5) is 1.45. The van der Waals surface area contributed by atoms with Gasteiger partial charge >= 0.3 is 6.18 Å². The normalized spacial score (nSPS) is 13.3. The van der Waals surface area contributed by atoms with Gasteiger partial charge in [-0.1, -0.05) is 42.8 Å². The van der Waals surface area contributed by atoms with E-state index in [1.165, 1.54) is 0 Å². The molecule has 0 spiro atoms. The maximum absolute atomic E-state index is 13.8. The highest BCUT2D eigenvalue weighted by molar-refractivity contribution is 7.89. The largest absolute Gasteiger partial charge is 0.406 e. The molecule has 0 saturated carbocycles. The first-order valence-electron chi connectivity index (χ1n) is 9.42. The monoisotopic (exact) mass is 428 g/mol. The summed E-state index contributed by atoms with van der Waals surface area (Å²) < 4.78 is 69.1. The Hall–Kier alpha value is -2.06. The maximum Gasteiger partial charge on any atom is 0.406 e. The van der Waals surface area contributed by atoms with Crippen LogP contribution in [0.3, 0.4) is 0 Å². The van der Waals surface area contributed by atoms with Gasteiger partial charge in [-0.25, -0.2) is 8.42 Å². The molecular formula is C21H27F3N2O2S. The molecule has 0 aromatic heterocycles. The number of benzene rings is 2. The molecule has 0 radical (unpaired) electrons. The predicted octanol–water partition coefficient (Wildman–Crippen LogP) is 4.74. The number of sulfonamides is 1. The minimum absolute atomic E-state index is 0.0981. The van der Waals surface area contributed by atoms with E-state index in [0.717, 1.165) is 5.56 Å². The van der Waals surface area contributed by atoms with Crippen molar-refractivity contribution in [1.29, 1.82) is 0 Å². The van der Waals surface area contributed by atoms with Crippen LogP contribution in [-0.4, -0.2) is 33.7 Å². The van der Waals surface area contributed by atoms with Crippen molar-refractivity contribution >= 4 is 15.7 Å². The van der Waals surface area contributed by atoms with E-state index in [-0.39, 0.29) is 4.90 Å². The molecule has 29 heavy (non-hydrogen) atoms. The third-order valence-corrected chi connectivity index (χ3v) is 6.36. The van der Waals surface area contributed by atoms with Crippen LogP contribution in [0.1, 0.15) is 30.0 Å². The molecule has 0 aliphatic rings. The van der Waals surface area contributed by atoms with Gasteiger partial charge in [0.1, 0.15) is 6.04 Å². The van der Waals surface area contributed by atoms with Crippen LogP contribution in [0.5, 0.6) is 0 Å². The molecule has 0 fully saturated rings. The lowest BCUT2D eigenvalue weighted by molar-refractivity contribution is -0.149. The van der Waals surface area contributed by atoms with Crippen molar-refractivity contribution in [3.63, 3.8) is 0 Å². The summed E-state index contributed by atoms with van der Waals surface area (Å²) in [5.41, 5.74) is 2.31. The third-order valence-electron chi connectivity index (χ3n) is 4.58. The van der Waals surface area contributed by atoms with Crippen molar-refractivity contribution in [3.05, 3.63) is 59.2 Å². The number of anilines is 1. The molecule has 2 rings (SSSR count). The Morgan fingerprint density at radius 2 is 1.59 bits per heavy atom. The number of nitrogens with zero attached hydrogens (tertiary/aromatic N) is 1. The topological polar surface area (TPSA) is 49.4 Å². The quantitative estimate of drug-likeness (QED) is 0.661. The number of hydrogen-bond acceptors (Lipinski definition) is 3. The first-order valence-corrected chi connectivity index (χ1v) is 10.9. The van der Waals surface area contributed by atoms with Crippen molar-refractivity contribution in [2.45, 2.75) is 51.2 Å². The van der Waals surface area contributed by atoms with Crippen LogP contribution in [0, 0.1) is 20.8 Å². The number of alkyl halides is 3. The van der Waals surface area contributed by atoms with Gasteiger partial charge in [0.15, 0.2) is 0 Å². The number of hydrogen-bond donors (Lipinski definition) is 1. The Kier molecular flexibility index (Phi) is 7.35. The minimum atomic E-state index is -4.74. The van der Waals surface area contributed by atoms with E-state index in [9.17, 15) is 21.6 Å². The fourth-order valence-electron chi connectivity index (χ4n) is 3.50. The van der Waals surface area contributed by atoms with Crippen molar-refractivity contribution in [1.82, 2.24) is 4.72 Å². The van der Waals surface area contributed by atoms with E-state index in [4.69, 9.17) is 0 Å². The molecular weight excluding hydrogens is 401 g/mol. The van der Waals surface area contributed by atoms with Crippen molar-refractivity contribution in [3.8, 4) is 0 Å². The average molecular weight is 429 g/mol. The average Bonchev–Trinajstić information content (AvgIpc) is 2.59. The van der Waals surface area contributed by atoms with Gasteiger partial charge in [0.2, 0.25) is 10.0 Å². The van der Waals surface area contributed by atoms with E-state index in [2.05, 4.69) is 0 Å². The molecule has 160 valence electrons. The molecule has 1 atom stereocenters. The minimum Gasteiger partial charge on any atom is -0.370 e. The van der Waals surface area contributed by atoms with Crippen molar-refractivity contribution in [2.75, 3.05) is 18.0 Å². The van der Waals surface area contributed by atoms with Crippen LogP contribution in [0.15, 0.2) is 47.4 Å². The molecule has 8 heteroatoms. The number of para-hydroxylation sites is 1. The van der Waals surface area contributed by atoms with Crippen LogP contribution < -0.4 is 9.62 Å². The molecule has 0 bridgehead atoms. The first-order chi connectivity index (χ1) is 13.5. The van der Waals surface area contributed by atoms with E-state index >= 15 is 0 Å².